The fraction of sp³-hybridized carbons (Fsp3) is 0.462. The zero-order valence-corrected chi connectivity index (χ0v) is 9.17. The Balaban J connectivity index is 3.03. The van der Waals surface area contributed by atoms with E-state index in [9.17, 15) is 0 Å². The van der Waals surface area contributed by atoms with Gasteiger partial charge in [0.05, 0.1) is 12.0 Å². The number of hydrogen-bond acceptors (Lipinski definition) is 1. The third-order valence-electron chi connectivity index (χ3n) is 2.54. The standard InChI is InChI=1S/C13H17N/c1-4-5-12(9-14)13-8-10(2)6-7-11(13)3/h6-8,12H,4-5H2,1-3H3. The van der Waals surface area contributed by atoms with Crippen LogP contribution in [-0.4, -0.2) is 0 Å². The van der Waals surface area contributed by atoms with Crippen molar-refractivity contribution in [2.45, 2.75) is 39.5 Å². The second-order valence-electron chi connectivity index (χ2n) is 3.83. The molecular weight excluding hydrogens is 170 g/mol. The molecule has 0 N–H and O–H groups in total. The van der Waals surface area contributed by atoms with E-state index in [1.54, 1.807) is 0 Å². The number of rotatable bonds is 3. The first-order valence-corrected chi connectivity index (χ1v) is 5.15. The van der Waals surface area contributed by atoms with Crippen molar-refractivity contribution in [1.29, 1.82) is 5.26 Å². The van der Waals surface area contributed by atoms with Crippen LogP contribution in [0.25, 0.3) is 0 Å². The molecule has 0 aromatic heterocycles. The first-order valence-electron chi connectivity index (χ1n) is 5.15. The van der Waals surface area contributed by atoms with Gasteiger partial charge in [-0.25, -0.2) is 0 Å². The summed E-state index contributed by atoms with van der Waals surface area (Å²) in [6.45, 7) is 6.27. The molecule has 1 aromatic rings. The zero-order chi connectivity index (χ0) is 10.6. The van der Waals surface area contributed by atoms with E-state index in [1.807, 2.05) is 0 Å². The molecular formula is C13H17N. The molecule has 0 aliphatic rings. The molecule has 0 saturated heterocycles. The Labute approximate surface area is 86.4 Å². The van der Waals surface area contributed by atoms with Gasteiger partial charge in [0.15, 0.2) is 0 Å². The van der Waals surface area contributed by atoms with Gasteiger partial charge in [-0.05, 0) is 31.4 Å². The number of benzene rings is 1. The lowest BCUT2D eigenvalue weighted by atomic mass is 9.91. The van der Waals surface area contributed by atoms with Gasteiger partial charge in [-0.3, -0.25) is 0 Å². The van der Waals surface area contributed by atoms with Crippen molar-refractivity contribution in [1.82, 2.24) is 0 Å². The third-order valence-corrected chi connectivity index (χ3v) is 2.54. The Kier molecular flexibility index (Phi) is 3.71. The summed E-state index contributed by atoms with van der Waals surface area (Å²) in [7, 11) is 0. The van der Waals surface area contributed by atoms with Gasteiger partial charge in [0.25, 0.3) is 0 Å². The number of hydrogen-bond donors (Lipinski definition) is 0. The highest BCUT2D eigenvalue weighted by molar-refractivity contribution is 5.36. The highest BCUT2D eigenvalue weighted by Crippen LogP contribution is 2.24. The molecule has 0 radical (unpaired) electrons. The summed E-state index contributed by atoms with van der Waals surface area (Å²) in [6, 6.07) is 8.72. The predicted octanol–water partition coefficient (Wildman–Crippen LogP) is 3.71. The molecule has 0 bridgehead atoms. The summed E-state index contributed by atoms with van der Waals surface area (Å²) in [5.74, 6) is 0.0694. The summed E-state index contributed by atoms with van der Waals surface area (Å²) in [6.07, 6.45) is 2.02. The molecule has 74 valence electrons. The van der Waals surface area contributed by atoms with Crippen molar-refractivity contribution in [3.63, 3.8) is 0 Å². The number of aryl methyl sites for hydroxylation is 2. The van der Waals surface area contributed by atoms with Crippen molar-refractivity contribution >= 4 is 0 Å². The molecule has 0 amide bonds. The average molecular weight is 187 g/mol. The van der Waals surface area contributed by atoms with Crippen LogP contribution in [0.4, 0.5) is 0 Å². The predicted molar refractivity (Wildman–Crippen MR) is 59.2 cm³/mol. The highest BCUT2D eigenvalue weighted by Gasteiger charge is 2.11. The molecule has 0 aliphatic carbocycles. The van der Waals surface area contributed by atoms with E-state index in [0.29, 0.717) is 0 Å². The van der Waals surface area contributed by atoms with Crippen LogP contribution in [0.2, 0.25) is 0 Å². The minimum absolute atomic E-state index is 0.0694. The van der Waals surface area contributed by atoms with E-state index < -0.39 is 0 Å². The van der Waals surface area contributed by atoms with Gasteiger partial charge >= 0.3 is 0 Å². The van der Waals surface area contributed by atoms with Crippen LogP contribution in [0.5, 0.6) is 0 Å². The van der Waals surface area contributed by atoms with Crippen LogP contribution >= 0.6 is 0 Å². The molecule has 1 atom stereocenters. The van der Waals surface area contributed by atoms with Gasteiger partial charge in [0, 0.05) is 0 Å². The van der Waals surface area contributed by atoms with Crippen LogP contribution in [0.15, 0.2) is 18.2 Å². The van der Waals surface area contributed by atoms with E-state index in [4.69, 9.17) is 5.26 Å². The smallest absolute Gasteiger partial charge is 0.0715 e. The van der Waals surface area contributed by atoms with Crippen molar-refractivity contribution in [2.75, 3.05) is 0 Å². The summed E-state index contributed by atoms with van der Waals surface area (Å²) < 4.78 is 0. The van der Waals surface area contributed by atoms with Crippen molar-refractivity contribution < 1.29 is 0 Å². The highest BCUT2D eigenvalue weighted by atomic mass is 14.3. The van der Waals surface area contributed by atoms with Gasteiger partial charge in [-0.2, -0.15) is 5.26 Å². The van der Waals surface area contributed by atoms with Gasteiger partial charge in [-0.15, -0.1) is 0 Å². The lowest BCUT2D eigenvalue weighted by molar-refractivity contribution is 0.723. The van der Waals surface area contributed by atoms with Crippen LogP contribution in [0.1, 0.15) is 42.4 Å². The number of nitrogens with zero attached hydrogens (tertiary/aromatic N) is 1. The Morgan fingerprint density at radius 1 is 1.36 bits per heavy atom. The molecule has 1 aromatic carbocycles. The third kappa shape index (κ3) is 2.35. The first kappa shape index (κ1) is 10.8. The minimum Gasteiger partial charge on any atom is -0.198 e. The Morgan fingerprint density at radius 3 is 2.64 bits per heavy atom. The summed E-state index contributed by atoms with van der Waals surface area (Å²) in [5.41, 5.74) is 3.67. The lowest BCUT2D eigenvalue weighted by Gasteiger charge is -2.12. The Morgan fingerprint density at radius 2 is 2.07 bits per heavy atom. The maximum atomic E-state index is 9.08. The van der Waals surface area contributed by atoms with E-state index in [-0.39, 0.29) is 5.92 Å². The van der Waals surface area contributed by atoms with Crippen molar-refractivity contribution in [2.24, 2.45) is 0 Å². The van der Waals surface area contributed by atoms with Gasteiger partial charge < -0.3 is 0 Å². The van der Waals surface area contributed by atoms with E-state index in [2.05, 4.69) is 45.0 Å². The molecule has 0 spiro atoms. The van der Waals surface area contributed by atoms with Crippen LogP contribution in [-0.2, 0) is 0 Å². The molecule has 0 fully saturated rings. The SMILES string of the molecule is CCCC(C#N)c1cc(C)ccc1C. The normalized spacial score (nSPS) is 12.1. The fourth-order valence-corrected chi connectivity index (χ4v) is 1.71. The monoisotopic (exact) mass is 187 g/mol. The molecule has 0 aliphatic heterocycles. The first-order chi connectivity index (χ1) is 6.69. The van der Waals surface area contributed by atoms with Gasteiger partial charge in [0.2, 0.25) is 0 Å². The fourth-order valence-electron chi connectivity index (χ4n) is 1.71. The minimum atomic E-state index is 0.0694. The summed E-state index contributed by atoms with van der Waals surface area (Å²) in [4.78, 5) is 0. The maximum absolute atomic E-state index is 9.08. The maximum Gasteiger partial charge on any atom is 0.0715 e. The lowest BCUT2D eigenvalue weighted by Crippen LogP contribution is -1.98. The van der Waals surface area contributed by atoms with Crippen LogP contribution in [0, 0.1) is 25.2 Å². The van der Waals surface area contributed by atoms with E-state index in [1.165, 1.54) is 16.7 Å². The number of nitriles is 1. The topological polar surface area (TPSA) is 23.8 Å². The molecule has 0 saturated carbocycles. The van der Waals surface area contributed by atoms with Gasteiger partial charge in [0.1, 0.15) is 0 Å². The summed E-state index contributed by atoms with van der Waals surface area (Å²) in [5, 5.41) is 9.08. The van der Waals surface area contributed by atoms with E-state index in [0.717, 1.165) is 12.8 Å². The second kappa shape index (κ2) is 4.81. The Bertz CT molecular complexity index is 347. The molecule has 1 heteroatoms. The quantitative estimate of drug-likeness (QED) is 0.707. The van der Waals surface area contributed by atoms with Crippen LogP contribution < -0.4 is 0 Å². The summed E-state index contributed by atoms with van der Waals surface area (Å²) >= 11 is 0. The zero-order valence-electron chi connectivity index (χ0n) is 9.17. The molecule has 1 unspecified atom stereocenters. The molecule has 1 nitrogen and oxygen atoms in total. The van der Waals surface area contributed by atoms with Crippen molar-refractivity contribution in [3.05, 3.63) is 34.9 Å². The second-order valence-corrected chi connectivity index (χ2v) is 3.83. The van der Waals surface area contributed by atoms with Gasteiger partial charge in [-0.1, -0.05) is 37.1 Å². The largest absolute Gasteiger partial charge is 0.198 e. The van der Waals surface area contributed by atoms with Crippen molar-refractivity contribution in [3.8, 4) is 6.07 Å². The molecule has 0 heterocycles. The molecule has 1 rings (SSSR count). The Hall–Kier alpha value is -1.29. The average Bonchev–Trinajstić information content (AvgIpc) is 2.18. The van der Waals surface area contributed by atoms with E-state index >= 15 is 0 Å². The molecule has 14 heavy (non-hydrogen) atoms. The van der Waals surface area contributed by atoms with Crippen LogP contribution in [0.3, 0.4) is 0 Å².